The maximum absolute atomic E-state index is 6.03. The first-order valence-electron chi connectivity index (χ1n) is 3.64. The van der Waals surface area contributed by atoms with E-state index in [9.17, 15) is 0 Å². The highest BCUT2D eigenvalue weighted by Gasteiger charge is 2.04. The van der Waals surface area contributed by atoms with Crippen molar-refractivity contribution in [1.82, 2.24) is 0 Å². The highest BCUT2D eigenvalue weighted by Crippen LogP contribution is 2.31. The molecule has 0 aliphatic carbocycles. The molecule has 68 valence electrons. The van der Waals surface area contributed by atoms with Crippen molar-refractivity contribution >= 4 is 67.2 Å². The third-order valence-electron chi connectivity index (χ3n) is 1.80. The zero-order chi connectivity index (χ0) is 9.42. The summed E-state index contributed by atoms with van der Waals surface area (Å²) in [7, 11) is 0. The molecule has 0 aliphatic heterocycles. The Kier molecular flexibility index (Phi) is 3.03. The van der Waals surface area contributed by atoms with E-state index in [2.05, 4.69) is 34.7 Å². The molecule has 0 saturated carbocycles. The Morgan fingerprint density at radius 2 is 2.08 bits per heavy atom. The van der Waals surface area contributed by atoms with E-state index in [1.54, 1.807) is 11.3 Å². The second-order valence-electron chi connectivity index (χ2n) is 2.67. The molecule has 0 radical (unpaired) electrons. The van der Waals surface area contributed by atoms with Crippen molar-refractivity contribution < 1.29 is 0 Å². The molecule has 13 heavy (non-hydrogen) atoms. The van der Waals surface area contributed by atoms with E-state index in [0.717, 1.165) is 10.6 Å². The van der Waals surface area contributed by atoms with Crippen molar-refractivity contribution in [3.8, 4) is 0 Å². The van der Waals surface area contributed by atoms with Gasteiger partial charge in [-0.2, -0.15) is 0 Å². The summed E-state index contributed by atoms with van der Waals surface area (Å²) in [6.07, 6.45) is 0. The van der Waals surface area contributed by atoms with Gasteiger partial charge in [0.1, 0.15) is 0 Å². The molecule has 0 nitrogen and oxygen atoms in total. The van der Waals surface area contributed by atoms with Crippen LogP contribution in [0.25, 0.3) is 10.1 Å². The van der Waals surface area contributed by atoms with Crippen molar-refractivity contribution in [1.29, 1.82) is 0 Å². The van der Waals surface area contributed by atoms with Gasteiger partial charge in [0.05, 0.1) is 2.88 Å². The maximum Gasteiger partial charge on any atom is 0.0666 e. The highest BCUT2D eigenvalue weighted by molar-refractivity contribution is 14.1. The number of fused-ring (bicyclic) bond motifs is 1. The SMILES string of the molecule is ClCc1cc2cc(I)sc2cc1Cl. The standard InChI is InChI=1S/C9H5Cl2IS/c10-4-6-1-5-2-9(12)13-8(5)3-7(6)11/h1-3H,4H2. The summed E-state index contributed by atoms with van der Waals surface area (Å²) in [5.74, 6) is 0.473. The van der Waals surface area contributed by atoms with Gasteiger partial charge in [-0.15, -0.1) is 22.9 Å². The number of hydrogen-bond acceptors (Lipinski definition) is 1. The van der Waals surface area contributed by atoms with E-state index in [1.165, 1.54) is 13.0 Å². The number of halogens is 3. The van der Waals surface area contributed by atoms with E-state index < -0.39 is 0 Å². The fraction of sp³-hybridized carbons (Fsp3) is 0.111. The minimum Gasteiger partial charge on any atom is -0.129 e. The predicted octanol–water partition coefficient (Wildman–Crippen LogP) is 4.90. The van der Waals surface area contributed by atoms with E-state index in [0.29, 0.717) is 5.88 Å². The molecule has 0 saturated heterocycles. The van der Waals surface area contributed by atoms with Crippen LogP contribution in [0.3, 0.4) is 0 Å². The lowest BCUT2D eigenvalue weighted by Crippen LogP contribution is -1.78. The number of rotatable bonds is 1. The highest BCUT2D eigenvalue weighted by atomic mass is 127. The smallest absolute Gasteiger partial charge is 0.0666 e. The summed E-state index contributed by atoms with van der Waals surface area (Å²) in [6, 6.07) is 6.19. The molecule has 0 fully saturated rings. The van der Waals surface area contributed by atoms with Gasteiger partial charge in [0.2, 0.25) is 0 Å². The summed E-state index contributed by atoms with van der Waals surface area (Å²) >= 11 is 15.8. The van der Waals surface area contributed by atoms with Crippen molar-refractivity contribution in [2.24, 2.45) is 0 Å². The summed E-state index contributed by atoms with van der Waals surface area (Å²) in [6.45, 7) is 0. The first-order chi connectivity index (χ1) is 6.20. The first kappa shape index (κ1) is 10.0. The minimum atomic E-state index is 0.473. The van der Waals surface area contributed by atoms with E-state index in [4.69, 9.17) is 23.2 Å². The normalized spacial score (nSPS) is 11.0. The monoisotopic (exact) mass is 342 g/mol. The Balaban J connectivity index is 2.72. The molecule has 1 aromatic carbocycles. The van der Waals surface area contributed by atoms with Gasteiger partial charge in [-0.3, -0.25) is 0 Å². The summed E-state index contributed by atoms with van der Waals surface area (Å²) in [5.41, 5.74) is 1.00. The van der Waals surface area contributed by atoms with Gasteiger partial charge in [0.15, 0.2) is 0 Å². The van der Waals surface area contributed by atoms with Crippen molar-refractivity contribution in [2.45, 2.75) is 5.88 Å². The van der Waals surface area contributed by atoms with Crippen LogP contribution in [0, 0.1) is 2.88 Å². The van der Waals surface area contributed by atoms with Crippen molar-refractivity contribution in [2.75, 3.05) is 0 Å². The van der Waals surface area contributed by atoms with Gasteiger partial charge in [-0.25, -0.2) is 0 Å². The molecule has 0 atom stereocenters. The number of benzene rings is 1. The summed E-state index contributed by atoms with van der Waals surface area (Å²) in [5, 5.41) is 2.00. The average Bonchev–Trinajstić information content (AvgIpc) is 2.42. The first-order valence-corrected chi connectivity index (χ1v) is 6.45. The number of hydrogen-bond donors (Lipinski definition) is 0. The lowest BCUT2D eigenvalue weighted by molar-refractivity contribution is 1.43. The molecule has 0 bridgehead atoms. The third-order valence-corrected chi connectivity index (χ3v) is 4.30. The van der Waals surface area contributed by atoms with Gasteiger partial charge in [-0.1, -0.05) is 11.6 Å². The van der Waals surface area contributed by atoms with Crippen LogP contribution in [0.4, 0.5) is 0 Å². The van der Waals surface area contributed by atoms with E-state index >= 15 is 0 Å². The van der Waals surface area contributed by atoms with Crippen LogP contribution >= 0.6 is 57.1 Å². The second kappa shape index (κ2) is 3.93. The van der Waals surface area contributed by atoms with Crippen LogP contribution in [-0.4, -0.2) is 0 Å². The molecule has 0 N–H and O–H groups in total. The molecule has 2 rings (SSSR count). The Bertz CT molecular complexity index is 450. The van der Waals surface area contributed by atoms with Gasteiger partial charge in [0, 0.05) is 15.6 Å². The number of alkyl halides is 1. The Morgan fingerprint density at radius 3 is 2.77 bits per heavy atom. The van der Waals surface area contributed by atoms with Crippen LogP contribution in [0.5, 0.6) is 0 Å². The minimum absolute atomic E-state index is 0.473. The largest absolute Gasteiger partial charge is 0.129 e. The molecule has 4 heteroatoms. The third kappa shape index (κ3) is 1.96. The van der Waals surface area contributed by atoms with E-state index in [1.807, 2.05) is 6.07 Å². The van der Waals surface area contributed by atoms with Crippen LogP contribution in [-0.2, 0) is 5.88 Å². The fourth-order valence-corrected chi connectivity index (χ4v) is 3.62. The Labute approximate surface area is 104 Å². The summed E-state index contributed by atoms with van der Waals surface area (Å²) in [4.78, 5) is 0. The molecule has 1 aromatic heterocycles. The molecule has 1 heterocycles. The quantitative estimate of drug-likeness (QED) is 0.511. The van der Waals surface area contributed by atoms with Crippen LogP contribution in [0.2, 0.25) is 5.02 Å². The van der Waals surface area contributed by atoms with Gasteiger partial charge in [0.25, 0.3) is 0 Å². The second-order valence-corrected chi connectivity index (χ2v) is 6.32. The summed E-state index contributed by atoms with van der Waals surface area (Å²) < 4.78 is 2.50. The van der Waals surface area contributed by atoms with Crippen LogP contribution in [0.15, 0.2) is 18.2 Å². The van der Waals surface area contributed by atoms with Crippen molar-refractivity contribution in [3.63, 3.8) is 0 Å². The van der Waals surface area contributed by atoms with E-state index in [-0.39, 0.29) is 0 Å². The topological polar surface area (TPSA) is 0 Å². The van der Waals surface area contributed by atoms with Crippen LogP contribution < -0.4 is 0 Å². The molecule has 0 spiro atoms. The fourth-order valence-electron chi connectivity index (χ4n) is 1.18. The van der Waals surface area contributed by atoms with Crippen molar-refractivity contribution in [3.05, 3.63) is 31.7 Å². The maximum atomic E-state index is 6.03. The zero-order valence-corrected chi connectivity index (χ0v) is 11.0. The molecular weight excluding hydrogens is 338 g/mol. The molecule has 0 unspecified atom stereocenters. The van der Waals surface area contributed by atoms with Gasteiger partial charge in [-0.05, 0) is 51.7 Å². The van der Waals surface area contributed by atoms with Gasteiger partial charge >= 0.3 is 0 Å². The van der Waals surface area contributed by atoms with Gasteiger partial charge < -0.3 is 0 Å². The average molecular weight is 343 g/mol. The zero-order valence-electron chi connectivity index (χ0n) is 6.48. The molecule has 0 amide bonds. The number of thiophene rings is 1. The molecule has 2 aromatic rings. The predicted molar refractivity (Wildman–Crippen MR) is 69.1 cm³/mol. The lowest BCUT2D eigenvalue weighted by atomic mass is 10.2. The molecule has 0 aliphatic rings. The lowest BCUT2D eigenvalue weighted by Gasteiger charge is -1.98. The Morgan fingerprint density at radius 1 is 1.31 bits per heavy atom. The Hall–Kier alpha value is 0.490. The molecular formula is C9H5Cl2IS. The van der Waals surface area contributed by atoms with Crippen LogP contribution in [0.1, 0.15) is 5.56 Å².